The highest BCUT2D eigenvalue weighted by Gasteiger charge is 2.44. The van der Waals surface area contributed by atoms with Gasteiger partial charge in [0, 0.05) is 13.1 Å². The lowest BCUT2D eigenvalue weighted by molar-refractivity contribution is -0.120. The molecule has 1 saturated heterocycles. The van der Waals surface area contributed by atoms with E-state index in [1.807, 2.05) is 68.3 Å². The maximum absolute atomic E-state index is 13.9. The van der Waals surface area contributed by atoms with E-state index in [0.717, 1.165) is 43.5 Å². The summed E-state index contributed by atoms with van der Waals surface area (Å²) in [6.07, 6.45) is 2.75. The van der Waals surface area contributed by atoms with Crippen LogP contribution in [0.2, 0.25) is 0 Å². The number of nitrogens with zero attached hydrogens (tertiary/aromatic N) is 3. The van der Waals surface area contributed by atoms with Crippen LogP contribution in [0.3, 0.4) is 0 Å². The van der Waals surface area contributed by atoms with E-state index in [1.165, 1.54) is 4.90 Å². The number of carbonyl (C=O) groups is 2. The maximum Gasteiger partial charge on any atom is 0.282 e. The van der Waals surface area contributed by atoms with E-state index in [4.69, 9.17) is 4.74 Å². The molecule has 33 heavy (non-hydrogen) atoms. The minimum atomic E-state index is -0.300. The number of benzene rings is 2. The summed E-state index contributed by atoms with van der Waals surface area (Å²) >= 11 is 0. The van der Waals surface area contributed by atoms with Crippen molar-refractivity contribution < 1.29 is 14.3 Å². The molecule has 1 fully saturated rings. The summed E-state index contributed by atoms with van der Waals surface area (Å²) in [5.41, 5.74) is 3.31. The molecule has 0 radical (unpaired) electrons. The second-order valence-electron chi connectivity index (χ2n) is 9.00. The summed E-state index contributed by atoms with van der Waals surface area (Å²) in [4.78, 5) is 33.3. The van der Waals surface area contributed by atoms with Crippen LogP contribution in [0.1, 0.15) is 37.3 Å². The summed E-state index contributed by atoms with van der Waals surface area (Å²) in [7, 11) is 4.07. The first-order valence-electron chi connectivity index (χ1n) is 11.8. The van der Waals surface area contributed by atoms with Gasteiger partial charge in [-0.05, 0) is 64.0 Å². The normalized spacial score (nSPS) is 17.8. The van der Waals surface area contributed by atoms with Gasteiger partial charge in [0.25, 0.3) is 11.8 Å². The van der Waals surface area contributed by atoms with Crippen LogP contribution < -0.4 is 9.64 Å². The van der Waals surface area contributed by atoms with Crippen molar-refractivity contribution in [1.29, 1.82) is 0 Å². The van der Waals surface area contributed by atoms with Gasteiger partial charge in [0.2, 0.25) is 0 Å². The molecule has 0 unspecified atom stereocenters. The van der Waals surface area contributed by atoms with Crippen molar-refractivity contribution in [1.82, 2.24) is 9.80 Å². The molecule has 0 N–H and O–H groups in total. The Morgan fingerprint density at radius 2 is 1.67 bits per heavy atom. The van der Waals surface area contributed by atoms with Crippen molar-refractivity contribution in [2.24, 2.45) is 0 Å². The lowest BCUT2D eigenvalue weighted by Crippen LogP contribution is -2.43. The predicted octanol–water partition coefficient (Wildman–Crippen LogP) is 4.09. The zero-order chi connectivity index (χ0) is 23.5. The highest BCUT2D eigenvalue weighted by atomic mass is 16.5. The van der Waals surface area contributed by atoms with Crippen molar-refractivity contribution in [3.63, 3.8) is 0 Å². The van der Waals surface area contributed by atoms with Crippen LogP contribution in [-0.2, 0) is 9.59 Å². The summed E-state index contributed by atoms with van der Waals surface area (Å²) in [5, 5.41) is 0. The number of anilines is 1. The molecule has 4 rings (SSSR count). The van der Waals surface area contributed by atoms with Crippen molar-refractivity contribution in [3.8, 4) is 5.75 Å². The molecule has 2 aromatic rings. The van der Waals surface area contributed by atoms with Gasteiger partial charge in [0.05, 0.1) is 17.9 Å². The quantitative estimate of drug-likeness (QED) is 0.599. The molecule has 0 spiro atoms. The fraction of sp³-hybridized carbons (Fsp3) is 0.407. The number of ether oxygens (including phenoxy) is 1. The SMILES string of the molecule is CCCOc1ccccc1N1C(=O)C(c2ccc(C)cc2)=C(N(C)C2CCN(C)CC2)C1=O. The Labute approximate surface area is 196 Å². The lowest BCUT2D eigenvalue weighted by Gasteiger charge is -2.36. The second-order valence-corrected chi connectivity index (χ2v) is 9.00. The number of carbonyl (C=O) groups excluding carboxylic acids is 2. The molecule has 2 aliphatic rings. The Balaban J connectivity index is 1.77. The molecule has 0 aliphatic carbocycles. The minimum Gasteiger partial charge on any atom is -0.491 e. The number of piperidine rings is 1. The third-order valence-corrected chi connectivity index (χ3v) is 6.56. The molecule has 0 atom stereocenters. The molecular weight excluding hydrogens is 414 g/mol. The van der Waals surface area contributed by atoms with Gasteiger partial charge in [-0.15, -0.1) is 0 Å². The zero-order valence-corrected chi connectivity index (χ0v) is 20.0. The van der Waals surface area contributed by atoms with Gasteiger partial charge in [-0.3, -0.25) is 9.59 Å². The van der Waals surface area contributed by atoms with Crippen LogP contribution in [0.4, 0.5) is 5.69 Å². The Kier molecular flexibility index (Phi) is 6.84. The Morgan fingerprint density at radius 3 is 2.33 bits per heavy atom. The number of imide groups is 1. The van der Waals surface area contributed by atoms with E-state index >= 15 is 0 Å². The smallest absolute Gasteiger partial charge is 0.282 e. The number of aryl methyl sites for hydroxylation is 1. The molecule has 2 aromatic carbocycles. The maximum atomic E-state index is 13.9. The molecule has 6 heteroatoms. The van der Waals surface area contributed by atoms with Crippen LogP contribution in [0, 0.1) is 6.92 Å². The van der Waals surface area contributed by atoms with Crippen molar-refractivity contribution >= 4 is 23.1 Å². The standard InChI is InChI=1S/C27H33N3O3/c1-5-18-33-23-9-7-6-8-22(23)30-26(31)24(20-12-10-19(2)11-13-20)25(27(30)32)29(4)21-14-16-28(3)17-15-21/h6-13,21H,5,14-18H2,1-4H3. The number of hydrogen-bond donors (Lipinski definition) is 0. The van der Waals surface area contributed by atoms with Gasteiger partial charge < -0.3 is 14.5 Å². The van der Waals surface area contributed by atoms with E-state index in [2.05, 4.69) is 11.9 Å². The molecule has 0 aromatic heterocycles. The number of likely N-dealkylation sites (tertiary alicyclic amines) is 1. The van der Waals surface area contributed by atoms with E-state index in [-0.39, 0.29) is 17.9 Å². The van der Waals surface area contributed by atoms with Crippen LogP contribution in [0.5, 0.6) is 5.75 Å². The average molecular weight is 448 g/mol. The Morgan fingerprint density at radius 1 is 1.00 bits per heavy atom. The third kappa shape index (κ3) is 4.53. The van der Waals surface area contributed by atoms with E-state index in [1.54, 1.807) is 6.07 Å². The molecule has 0 saturated carbocycles. The van der Waals surface area contributed by atoms with Crippen LogP contribution in [-0.4, -0.2) is 61.4 Å². The first kappa shape index (κ1) is 23.1. The summed E-state index contributed by atoms with van der Waals surface area (Å²) in [6, 6.07) is 15.3. The molecule has 0 bridgehead atoms. The first-order valence-corrected chi connectivity index (χ1v) is 11.8. The molecule has 2 amide bonds. The number of para-hydroxylation sites is 2. The van der Waals surface area contributed by atoms with Crippen LogP contribution in [0.25, 0.3) is 5.57 Å². The molecule has 2 aliphatic heterocycles. The van der Waals surface area contributed by atoms with Crippen molar-refractivity contribution in [2.45, 2.75) is 39.2 Å². The number of likely N-dealkylation sites (N-methyl/N-ethyl adjacent to an activating group) is 1. The van der Waals surface area contributed by atoms with E-state index < -0.39 is 0 Å². The predicted molar refractivity (Wildman–Crippen MR) is 131 cm³/mol. The van der Waals surface area contributed by atoms with Gasteiger partial charge in [-0.1, -0.05) is 48.9 Å². The zero-order valence-electron chi connectivity index (χ0n) is 20.0. The molecule has 2 heterocycles. The van der Waals surface area contributed by atoms with Crippen LogP contribution >= 0.6 is 0 Å². The largest absolute Gasteiger partial charge is 0.491 e. The molecule has 6 nitrogen and oxygen atoms in total. The highest BCUT2D eigenvalue weighted by molar-refractivity contribution is 6.45. The summed E-state index contributed by atoms with van der Waals surface area (Å²) in [6.45, 7) is 6.51. The van der Waals surface area contributed by atoms with Gasteiger partial charge >= 0.3 is 0 Å². The number of rotatable bonds is 7. The number of hydrogen-bond acceptors (Lipinski definition) is 5. The molecular formula is C27H33N3O3. The summed E-state index contributed by atoms with van der Waals surface area (Å²) in [5.74, 6) is -0.0387. The van der Waals surface area contributed by atoms with Gasteiger partial charge in [0.15, 0.2) is 0 Å². The molecule has 174 valence electrons. The van der Waals surface area contributed by atoms with Crippen LogP contribution in [0.15, 0.2) is 54.2 Å². The summed E-state index contributed by atoms with van der Waals surface area (Å²) < 4.78 is 5.89. The topological polar surface area (TPSA) is 53.1 Å². The second kappa shape index (κ2) is 9.79. The van der Waals surface area contributed by atoms with E-state index in [9.17, 15) is 9.59 Å². The van der Waals surface area contributed by atoms with E-state index in [0.29, 0.717) is 29.3 Å². The highest BCUT2D eigenvalue weighted by Crippen LogP contribution is 2.39. The monoisotopic (exact) mass is 447 g/mol. The fourth-order valence-electron chi connectivity index (χ4n) is 4.59. The van der Waals surface area contributed by atoms with Gasteiger partial charge in [-0.2, -0.15) is 0 Å². The minimum absolute atomic E-state index is 0.208. The van der Waals surface area contributed by atoms with Gasteiger partial charge in [-0.25, -0.2) is 4.90 Å². The Hall–Kier alpha value is -3.12. The lowest BCUT2D eigenvalue weighted by atomic mass is 9.99. The number of amides is 2. The van der Waals surface area contributed by atoms with Crippen molar-refractivity contribution in [2.75, 3.05) is 38.7 Å². The van der Waals surface area contributed by atoms with Crippen molar-refractivity contribution in [3.05, 3.63) is 65.4 Å². The average Bonchev–Trinajstić information content (AvgIpc) is 3.08. The third-order valence-electron chi connectivity index (χ3n) is 6.56. The fourth-order valence-corrected chi connectivity index (χ4v) is 4.59. The van der Waals surface area contributed by atoms with Gasteiger partial charge in [0.1, 0.15) is 11.4 Å². The Bertz CT molecular complexity index is 1050. The first-order chi connectivity index (χ1) is 15.9.